The fourth-order valence-corrected chi connectivity index (χ4v) is 1.03. The van der Waals surface area contributed by atoms with Crippen LogP contribution in [0.5, 0.6) is 5.75 Å². The highest BCUT2D eigenvalue weighted by atomic mass is 127. The van der Waals surface area contributed by atoms with Crippen LogP contribution < -0.4 is 14.9 Å². The van der Waals surface area contributed by atoms with Crippen LogP contribution in [0.1, 0.15) is 0 Å². The van der Waals surface area contributed by atoms with Crippen LogP contribution in [0.4, 0.5) is 10.5 Å². The quantitative estimate of drug-likeness (QED) is 0.578. The first-order valence-electron chi connectivity index (χ1n) is 4.77. The molecule has 1 amide bonds. The Morgan fingerprint density at radius 2 is 1.71 bits per heavy atom. The van der Waals surface area contributed by atoms with E-state index in [0.717, 1.165) is 5.69 Å². The third-order valence-corrected chi connectivity index (χ3v) is 1.81. The molecule has 0 spiro atoms. The highest BCUT2D eigenvalue weighted by molar-refractivity contribution is 14.0. The summed E-state index contributed by atoms with van der Waals surface area (Å²) in [7, 11) is 7.36. The van der Waals surface area contributed by atoms with Crippen molar-refractivity contribution in [1.29, 1.82) is 0 Å². The molecule has 98 valence electrons. The van der Waals surface area contributed by atoms with Crippen molar-refractivity contribution in [3.8, 4) is 5.75 Å². The number of phenols is 1. The monoisotopic (exact) mass is 354 g/mol. The molecule has 1 aromatic rings. The van der Waals surface area contributed by atoms with Crippen molar-refractivity contribution in [2.75, 3.05) is 28.2 Å². The lowest BCUT2D eigenvalue weighted by Crippen LogP contribution is -2.34. The minimum atomic E-state index is -1.25. The molecule has 6 heteroatoms. The maximum Gasteiger partial charge on any atom is 0.177 e. The summed E-state index contributed by atoms with van der Waals surface area (Å²) in [5, 5.41) is 20.4. The summed E-state index contributed by atoms with van der Waals surface area (Å²) in [5.74, 6) is 0.361. The number of para-hydroxylation sites is 2. The van der Waals surface area contributed by atoms with Gasteiger partial charge in [-0.2, -0.15) is 0 Å². The fraction of sp³-hybridized carbons (Fsp3) is 0.364. The fourth-order valence-electron chi connectivity index (χ4n) is 1.03. The lowest BCUT2D eigenvalue weighted by atomic mass is 10.2. The van der Waals surface area contributed by atoms with Gasteiger partial charge in [-0.1, -0.05) is 12.1 Å². The summed E-state index contributed by atoms with van der Waals surface area (Å²) in [5.41, 5.74) is 0.938. The maximum absolute atomic E-state index is 9.43. The summed E-state index contributed by atoms with van der Waals surface area (Å²) >= 11 is 0. The van der Waals surface area contributed by atoms with Gasteiger partial charge in [-0.25, -0.2) is 0 Å². The Morgan fingerprint density at radius 1 is 1.29 bits per heavy atom. The van der Waals surface area contributed by atoms with Crippen LogP contribution in [-0.4, -0.2) is 39.4 Å². The number of phenolic OH excluding ortho intramolecular Hbond substituents is 1. The molecule has 0 radical (unpaired) electrons. The predicted molar refractivity (Wildman–Crippen MR) is 77.5 cm³/mol. The molecule has 0 saturated carbocycles. The number of carbonyl (C=O) groups excluding carboxylic acids is 1. The SMILES string of the molecule is CNC(=O)[O-].C[N+](C)(C)c1ccccc1O.I. The largest absolute Gasteiger partial charge is 0.530 e. The number of hydrogen-bond acceptors (Lipinski definition) is 3. The maximum atomic E-state index is 9.43. The van der Waals surface area contributed by atoms with Crippen LogP contribution in [0.15, 0.2) is 24.3 Å². The lowest BCUT2D eigenvalue weighted by molar-refractivity contribution is -0.250. The topological polar surface area (TPSA) is 72.4 Å². The molecule has 5 nitrogen and oxygen atoms in total. The zero-order valence-corrected chi connectivity index (χ0v) is 12.8. The number of hydrogen-bond donors (Lipinski definition) is 2. The number of rotatable bonds is 1. The molecule has 0 unspecified atom stereocenters. The number of nitrogens with one attached hydrogen (secondary N) is 1. The molecule has 0 heterocycles. The minimum Gasteiger partial charge on any atom is -0.530 e. The van der Waals surface area contributed by atoms with Crippen molar-refractivity contribution in [3.05, 3.63) is 24.3 Å². The van der Waals surface area contributed by atoms with Crippen LogP contribution in [0.25, 0.3) is 0 Å². The Labute approximate surface area is 119 Å². The van der Waals surface area contributed by atoms with E-state index < -0.39 is 6.09 Å². The van der Waals surface area contributed by atoms with Gasteiger partial charge >= 0.3 is 0 Å². The Morgan fingerprint density at radius 3 is 1.94 bits per heavy atom. The molecule has 0 atom stereocenters. The molecular weight excluding hydrogens is 335 g/mol. The van der Waals surface area contributed by atoms with E-state index >= 15 is 0 Å². The zero-order valence-electron chi connectivity index (χ0n) is 10.4. The van der Waals surface area contributed by atoms with E-state index in [4.69, 9.17) is 9.90 Å². The Balaban J connectivity index is 0. The summed E-state index contributed by atoms with van der Waals surface area (Å²) in [6, 6.07) is 7.39. The van der Waals surface area contributed by atoms with Crippen molar-refractivity contribution in [3.63, 3.8) is 0 Å². The second kappa shape index (κ2) is 8.13. The average molecular weight is 354 g/mol. The summed E-state index contributed by atoms with van der Waals surface area (Å²) in [6.45, 7) is 0. The number of benzene rings is 1. The number of amides is 1. The number of quaternary nitrogens is 1. The molecule has 1 aromatic carbocycles. The first kappa shape index (κ1) is 18.3. The first-order chi connectivity index (χ1) is 7.29. The third-order valence-electron chi connectivity index (χ3n) is 1.81. The van der Waals surface area contributed by atoms with E-state index in [1.54, 1.807) is 6.07 Å². The van der Waals surface area contributed by atoms with Crippen molar-refractivity contribution in [2.45, 2.75) is 0 Å². The van der Waals surface area contributed by atoms with Gasteiger partial charge in [0.15, 0.2) is 11.4 Å². The number of aromatic hydroxyl groups is 1. The standard InChI is InChI=1S/C9H13NO.C2H5NO2.HI/c1-10(2,3)8-6-4-5-7-9(8)11;1-3-2(4)5;/h4-7H,1-3H3;3H,1H3,(H,4,5);1H. The third kappa shape index (κ3) is 7.81. The van der Waals surface area contributed by atoms with Gasteiger partial charge in [0.1, 0.15) is 6.09 Å². The van der Waals surface area contributed by atoms with Crippen molar-refractivity contribution >= 4 is 35.8 Å². The van der Waals surface area contributed by atoms with Gasteiger partial charge in [0, 0.05) is 13.1 Å². The highest BCUT2D eigenvalue weighted by Gasteiger charge is 2.15. The second-order valence-electron chi connectivity index (χ2n) is 4.04. The molecule has 17 heavy (non-hydrogen) atoms. The van der Waals surface area contributed by atoms with Gasteiger partial charge in [-0.3, -0.25) is 4.48 Å². The number of halogens is 1. The summed E-state index contributed by atoms with van der Waals surface area (Å²) in [4.78, 5) is 9.15. The number of carbonyl (C=O) groups is 1. The van der Waals surface area contributed by atoms with Gasteiger partial charge in [0.05, 0.1) is 21.1 Å². The van der Waals surface area contributed by atoms with Crippen LogP contribution in [0, 0.1) is 0 Å². The Kier molecular flexibility index (Phi) is 8.77. The van der Waals surface area contributed by atoms with Gasteiger partial charge in [0.25, 0.3) is 0 Å². The second-order valence-corrected chi connectivity index (χ2v) is 4.04. The molecule has 2 N–H and O–H groups in total. The van der Waals surface area contributed by atoms with Crippen molar-refractivity contribution in [1.82, 2.24) is 9.80 Å². The highest BCUT2D eigenvalue weighted by Crippen LogP contribution is 2.27. The van der Waals surface area contributed by atoms with Gasteiger partial charge < -0.3 is 20.3 Å². The molecule has 0 aromatic heterocycles. The van der Waals surface area contributed by atoms with Gasteiger partial charge in [0.2, 0.25) is 0 Å². The van der Waals surface area contributed by atoms with E-state index in [1.165, 1.54) is 7.05 Å². The van der Waals surface area contributed by atoms with Crippen molar-refractivity contribution in [2.24, 2.45) is 0 Å². The van der Waals surface area contributed by atoms with Gasteiger partial charge in [-0.15, -0.1) is 24.0 Å². The van der Waals surface area contributed by atoms with Crippen LogP contribution in [0.2, 0.25) is 0 Å². The summed E-state index contributed by atoms with van der Waals surface area (Å²) < 4.78 is 0.646. The van der Waals surface area contributed by atoms with Crippen LogP contribution in [-0.2, 0) is 0 Å². The van der Waals surface area contributed by atoms with E-state index in [1.807, 2.05) is 44.7 Å². The minimum absolute atomic E-state index is 0. The molecular formula is C11H19IN2O3. The van der Waals surface area contributed by atoms with Crippen molar-refractivity contribution < 1.29 is 15.0 Å². The molecule has 0 aliphatic heterocycles. The number of nitrogens with zero attached hydrogens (tertiary/aromatic N) is 1. The van der Waals surface area contributed by atoms with E-state index in [0.29, 0.717) is 10.2 Å². The molecule has 1 rings (SSSR count). The van der Waals surface area contributed by atoms with E-state index in [9.17, 15) is 5.11 Å². The van der Waals surface area contributed by atoms with Gasteiger partial charge in [-0.05, 0) is 6.07 Å². The first-order valence-corrected chi connectivity index (χ1v) is 4.77. The van der Waals surface area contributed by atoms with Crippen LogP contribution >= 0.6 is 24.0 Å². The molecule has 0 aliphatic rings. The normalized spacial score (nSPS) is 9.41. The lowest BCUT2D eigenvalue weighted by Gasteiger charge is -2.23. The number of carboxylic acid groups (broad SMARTS) is 1. The molecule has 0 saturated heterocycles. The Hall–Kier alpha value is -1.02. The predicted octanol–water partition coefficient (Wildman–Crippen LogP) is 0.756. The van der Waals surface area contributed by atoms with Crippen LogP contribution in [0.3, 0.4) is 0 Å². The Bertz CT molecular complexity index is 351. The smallest absolute Gasteiger partial charge is 0.177 e. The molecule has 0 aliphatic carbocycles. The van der Waals surface area contributed by atoms with E-state index in [-0.39, 0.29) is 24.0 Å². The molecule has 0 fully saturated rings. The average Bonchev–Trinajstić information content (AvgIpc) is 2.17. The molecule has 0 bridgehead atoms. The van der Waals surface area contributed by atoms with E-state index in [2.05, 4.69) is 0 Å². The zero-order chi connectivity index (χ0) is 12.8. The summed E-state index contributed by atoms with van der Waals surface area (Å²) in [6.07, 6.45) is -1.25.